The van der Waals surface area contributed by atoms with Crippen LogP contribution in [0.3, 0.4) is 0 Å². The molecule has 3 aliphatic rings. The van der Waals surface area contributed by atoms with Crippen LogP contribution in [0.5, 0.6) is 0 Å². The standard InChI is InChI=1S/C28H38ClN5O4.ClH/c1-2-3-14-34-26(36)23(24(35)19-8-5-4-6-9-19)31-27(37)28(34)12-15-33(16-13-28)18-22-30-25(32-38-22)20-10-7-11-21(29)17-20;/h7,10-11,17,19,23-24,35H,2-6,8-9,12-16,18H2,1H3,(H,31,37);1H/t23-,24-;/m1./s1. The largest absolute Gasteiger partial charge is 0.390 e. The molecule has 39 heavy (non-hydrogen) atoms. The van der Waals surface area contributed by atoms with Crippen LogP contribution in [0.15, 0.2) is 28.8 Å². The highest BCUT2D eigenvalue weighted by Crippen LogP contribution is 2.36. The lowest BCUT2D eigenvalue weighted by molar-refractivity contribution is -0.166. The fraction of sp³-hybridized carbons (Fsp3) is 0.643. The van der Waals surface area contributed by atoms with Gasteiger partial charge in [0.15, 0.2) is 0 Å². The molecule has 5 rings (SSSR count). The zero-order valence-electron chi connectivity index (χ0n) is 22.5. The average molecular weight is 581 g/mol. The summed E-state index contributed by atoms with van der Waals surface area (Å²) in [5, 5.41) is 18.8. The number of halogens is 2. The normalized spacial score (nSPS) is 22.9. The van der Waals surface area contributed by atoms with E-state index in [4.69, 9.17) is 16.1 Å². The number of hydrogen-bond acceptors (Lipinski definition) is 7. The molecule has 1 aromatic carbocycles. The Hall–Kier alpha value is -2.20. The number of nitrogens with zero attached hydrogens (tertiary/aromatic N) is 4. The molecular formula is C28H39Cl2N5O4. The van der Waals surface area contributed by atoms with Crippen LogP contribution in [-0.4, -0.2) is 74.2 Å². The summed E-state index contributed by atoms with van der Waals surface area (Å²) in [5.74, 6) is 0.787. The maximum atomic E-state index is 13.8. The van der Waals surface area contributed by atoms with E-state index in [-0.39, 0.29) is 30.1 Å². The first-order valence-corrected chi connectivity index (χ1v) is 14.4. The number of piperidine rings is 1. The van der Waals surface area contributed by atoms with Gasteiger partial charge in [-0.3, -0.25) is 14.5 Å². The van der Waals surface area contributed by atoms with Crippen molar-refractivity contribution >= 4 is 35.8 Å². The van der Waals surface area contributed by atoms with E-state index in [1.807, 2.05) is 12.1 Å². The van der Waals surface area contributed by atoms with E-state index < -0.39 is 17.7 Å². The van der Waals surface area contributed by atoms with Crippen molar-refractivity contribution in [2.24, 2.45) is 5.92 Å². The van der Waals surface area contributed by atoms with Gasteiger partial charge in [0, 0.05) is 30.2 Å². The Bertz CT molecular complexity index is 1130. The molecule has 2 N–H and O–H groups in total. The third-order valence-electron chi connectivity index (χ3n) is 8.56. The highest BCUT2D eigenvalue weighted by Gasteiger charge is 2.55. The Morgan fingerprint density at radius 2 is 1.95 bits per heavy atom. The molecule has 11 heteroatoms. The van der Waals surface area contributed by atoms with Crippen LogP contribution in [0, 0.1) is 5.92 Å². The first-order valence-electron chi connectivity index (χ1n) is 14.0. The summed E-state index contributed by atoms with van der Waals surface area (Å²) in [6.07, 6.45) is 7.08. The number of rotatable bonds is 8. The van der Waals surface area contributed by atoms with Gasteiger partial charge in [-0.25, -0.2) is 0 Å². The number of unbranched alkanes of at least 4 members (excludes halogenated alkanes) is 1. The van der Waals surface area contributed by atoms with Gasteiger partial charge in [0.2, 0.25) is 23.5 Å². The highest BCUT2D eigenvalue weighted by atomic mass is 35.5. The molecule has 3 heterocycles. The van der Waals surface area contributed by atoms with E-state index >= 15 is 0 Å². The Balaban J connectivity index is 0.00000353. The van der Waals surface area contributed by atoms with Crippen molar-refractivity contribution < 1.29 is 19.2 Å². The number of likely N-dealkylation sites (tertiary alicyclic amines) is 1. The molecule has 2 aromatic rings. The van der Waals surface area contributed by atoms with E-state index in [9.17, 15) is 14.7 Å². The summed E-state index contributed by atoms with van der Waals surface area (Å²) in [6, 6.07) is 6.46. The quantitative estimate of drug-likeness (QED) is 0.481. The monoisotopic (exact) mass is 579 g/mol. The molecular weight excluding hydrogens is 541 g/mol. The minimum absolute atomic E-state index is 0. The van der Waals surface area contributed by atoms with E-state index in [0.29, 0.717) is 55.8 Å². The second-order valence-corrected chi connectivity index (χ2v) is 11.4. The smallest absolute Gasteiger partial charge is 0.248 e. The number of piperazine rings is 1. The zero-order chi connectivity index (χ0) is 26.7. The molecule has 2 aliphatic heterocycles. The third kappa shape index (κ3) is 6.26. The summed E-state index contributed by atoms with van der Waals surface area (Å²) in [7, 11) is 0. The SMILES string of the molecule is CCCCN1C(=O)[C@@H]([C@H](O)C2CCCCC2)NC(=O)C12CCN(Cc1nc(-c3cccc(Cl)c3)no1)CC2.Cl. The van der Waals surface area contributed by atoms with Gasteiger partial charge in [0.25, 0.3) is 0 Å². The predicted octanol–water partition coefficient (Wildman–Crippen LogP) is 4.21. The molecule has 0 unspecified atom stereocenters. The molecule has 1 aliphatic carbocycles. The van der Waals surface area contributed by atoms with Gasteiger partial charge in [0.05, 0.1) is 12.6 Å². The van der Waals surface area contributed by atoms with E-state index in [1.165, 1.54) is 6.42 Å². The Labute approximate surface area is 241 Å². The zero-order valence-corrected chi connectivity index (χ0v) is 24.1. The van der Waals surface area contributed by atoms with Gasteiger partial charge in [-0.05, 0) is 50.2 Å². The molecule has 2 saturated heterocycles. The van der Waals surface area contributed by atoms with Crippen molar-refractivity contribution in [3.05, 3.63) is 35.2 Å². The van der Waals surface area contributed by atoms with Crippen molar-refractivity contribution in [1.29, 1.82) is 0 Å². The van der Waals surface area contributed by atoms with Crippen LogP contribution in [0.4, 0.5) is 0 Å². The summed E-state index contributed by atoms with van der Waals surface area (Å²) in [5.41, 5.74) is -0.0919. The number of aliphatic hydroxyl groups is 1. The van der Waals surface area contributed by atoms with E-state index in [2.05, 4.69) is 27.3 Å². The maximum absolute atomic E-state index is 13.8. The number of amides is 2. The van der Waals surface area contributed by atoms with Crippen molar-refractivity contribution in [3.8, 4) is 11.4 Å². The first kappa shape index (κ1) is 29.8. The second-order valence-electron chi connectivity index (χ2n) is 11.0. The summed E-state index contributed by atoms with van der Waals surface area (Å²) in [4.78, 5) is 35.9. The molecule has 2 atom stereocenters. The first-order chi connectivity index (χ1) is 18.4. The minimum Gasteiger partial charge on any atom is -0.390 e. The van der Waals surface area contributed by atoms with Crippen molar-refractivity contribution in [2.75, 3.05) is 19.6 Å². The number of nitrogens with one attached hydrogen (secondary N) is 1. The number of hydrogen-bond donors (Lipinski definition) is 2. The summed E-state index contributed by atoms with van der Waals surface area (Å²) in [6.45, 7) is 4.32. The Kier molecular flexibility index (Phi) is 9.91. The third-order valence-corrected chi connectivity index (χ3v) is 8.80. The van der Waals surface area contributed by atoms with Gasteiger partial charge in [0.1, 0.15) is 11.6 Å². The predicted molar refractivity (Wildman–Crippen MR) is 150 cm³/mol. The molecule has 3 fully saturated rings. The Morgan fingerprint density at radius 3 is 2.64 bits per heavy atom. The lowest BCUT2D eigenvalue weighted by atomic mass is 9.78. The van der Waals surface area contributed by atoms with Crippen molar-refractivity contribution in [1.82, 2.24) is 25.3 Å². The number of carbonyl (C=O) groups excluding carboxylic acids is 2. The molecule has 1 aromatic heterocycles. The molecule has 1 spiro atoms. The van der Waals surface area contributed by atoms with Gasteiger partial charge in [-0.2, -0.15) is 4.98 Å². The lowest BCUT2D eigenvalue weighted by Gasteiger charge is -2.52. The van der Waals surface area contributed by atoms with Crippen LogP contribution in [0.1, 0.15) is 70.6 Å². The number of carbonyl (C=O) groups is 2. The van der Waals surface area contributed by atoms with Gasteiger partial charge in [-0.15, -0.1) is 12.4 Å². The van der Waals surface area contributed by atoms with Gasteiger partial charge < -0.3 is 19.8 Å². The molecule has 0 radical (unpaired) electrons. The lowest BCUT2D eigenvalue weighted by Crippen LogP contribution is -2.75. The Morgan fingerprint density at radius 1 is 1.21 bits per heavy atom. The van der Waals surface area contributed by atoms with Crippen LogP contribution >= 0.6 is 24.0 Å². The van der Waals surface area contributed by atoms with Crippen LogP contribution in [0.25, 0.3) is 11.4 Å². The number of aromatic nitrogens is 2. The van der Waals surface area contributed by atoms with E-state index in [1.54, 1.807) is 17.0 Å². The number of benzene rings is 1. The molecule has 1 saturated carbocycles. The molecule has 0 bridgehead atoms. The fourth-order valence-corrected chi connectivity index (χ4v) is 6.48. The topological polar surface area (TPSA) is 112 Å². The average Bonchev–Trinajstić information content (AvgIpc) is 3.40. The van der Waals surface area contributed by atoms with Crippen LogP contribution < -0.4 is 5.32 Å². The summed E-state index contributed by atoms with van der Waals surface area (Å²) >= 11 is 6.09. The summed E-state index contributed by atoms with van der Waals surface area (Å²) < 4.78 is 5.49. The fourth-order valence-electron chi connectivity index (χ4n) is 6.29. The van der Waals surface area contributed by atoms with Crippen molar-refractivity contribution in [2.45, 2.75) is 88.9 Å². The maximum Gasteiger partial charge on any atom is 0.248 e. The van der Waals surface area contributed by atoms with E-state index in [0.717, 1.165) is 44.1 Å². The number of aliphatic hydroxyl groups excluding tert-OH is 1. The second kappa shape index (κ2) is 13.0. The molecule has 2 amide bonds. The van der Waals surface area contributed by atoms with Gasteiger partial charge >= 0.3 is 0 Å². The van der Waals surface area contributed by atoms with Gasteiger partial charge in [-0.1, -0.05) is 61.5 Å². The minimum atomic E-state index is -0.883. The molecule has 9 nitrogen and oxygen atoms in total. The van der Waals surface area contributed by atoms with Crippen LogP contribution in [-0.2, 0) is 16.1 Å². The van der Waals surface area contributed by atoms with Crippen molar-refractivity contribution in [3.63, 3.8) is 0 Å². The van der Waals surface area contributed by atoms with Crippen LogP contribution in [0.2, 0.25) is 5.02 Å². The highest BCUT2D eigenvalue weighted by molar-refractivity contribution is 6.30. The molecule has 214 valence electrons.